The largest absolute Gasteiger partial charge is 0.381 e. The van der Waals surface area contributed by atoms with Crippen LogP contribution < -0.4 is 10.5 Å². The fourth-order valence-corrected chi connectivity index (χ4v) is 3.11. The molecule has 1 aliphatic rings. The number of sulfonamides is 1. The van der Waals surface area contributed by atoms with E-state index in [1.165, 1.54) is 0 Å². The van der Waals surface area contributed by atoms with Crippen molar-refractivity contribution in [3.05, 3.63) is 29.8 Å². The smallest absolute Gasteiger partial charge is 0.240 e. The molecule has 108 valence electrons. The maximum atomic E-state index is 12.2. The van der Waals surface area contributed by atoms with Crippen molar-refractivity contribution in [3.63, 3.8) is 0 Å². The third-order valence-electron chi connectivity index (χ3n) is 3.07. The summed E-state index contributed by atoms with van der Waals surface area (Å²) in [5.74, 6) is 5.79. The van der Waals surface area contributed by atoms with Crippen molar-refractivity contribution in [1.29, 1.82) is 0 Å². The Morgan fingerprint density at radius 2 is 2.30 bits per heavy atom. The fourth-order valence-electron chi connectivity index (χ4n) is 1.95. The van der Waals surface area contributed by atoms with E-state index >= 15 is 0 Å². The van der Waals surface area contributed by atoms with Crippen LogP contribution >= 0.6 is 0 Å². The zero-order chi connectivity index (χ0) is 14.4. The molecule has 1 unspecified atom stereocenters. The lowest BCUT2D eigenvalue weighted by Gasteiger charge is -2.10. The molecule has 0 aliphatic carbocycles. The van der Waals surface area contributed by atoms with Gasteiger partial charge in [-0.1, -0.05) is 17.9 Å². The average molecular weight is 294 g/mol. The molecular weight excluding hydrogens is 276 g/mol. The summed E-state index contributed by atoms with van der Waals surface area (Å²) in [6, 6.07) is 6.54. The average Bonchev–Trinajstić information content (AvgIpc) is 2.97. The topological polar surface area (TPSA) is 81.4 Å². The van der Waals surface area contributed by atoms with E-state index in [9.17, 15) is 8.42 Å². The molecular formula is C14H18N2O3S. The molecule has 0 radical (unpaired) electrons. The van der Waals surface area contributed by atoms with Crippen molar-refractivity contribution in [1.82, 2.24) is 4.72 Å². The minimum absolute atomic E-state index is 0.222. The Hall–Kier alpha value is -1.39. The van der Waals surface area contributed by atoms with Crippen molar-refractivity contribution in [2.24, 2.45) is 11.7 Å². The highest BCUT2D eigenvalue weighted by Crippen LogP contribution is 2.14. The summed E-state index contributed by atoms with van der Waals surface area (Å²) in [5, 5.41) is 0. The Bertz CT molecular complexity index is 611. The molecule has 0 bridgehead atoms. The molecule has 1 saturated heterocycles. The van der Waals surface area contributed by atoms with E-state index < -0.39 is 10.0 Å². The van der Waals surface area contributed by atoms with E-state index in [1.54, 1.807) is 24.3 Å². The number of benzene rings is 1. The molecule has 0 spiro atoms. The molecule has 20 heavy (non-hydrogen) atoms. The van der Waals surface area contributed by atoms with Crippen LogP contribution in [-0.4, -0.2) is 34.7 Å². The van der Waals surface area contributed by atoms with Gasteiger partial charge in [0.25, 0.3) is 0 Å². The molecule has 1 fully saturated rings. The lowest BCUT2D eigenvalue weighted by Crippen LogP contribution is -2.29. The SMILES string of the molecule is NCC#Cc1cccc(S(=O)(=O)NCC2CCOC2)c1. The minimum atomic E-state index is -3.50. The lowest BCUT2D eigenvalue weighted by atomic mass is 10.1. The Morgan fingerprint density at radius 3 is 3.00 bits per heavy atom. The van der Waals surface area contributed by atoms with Crippen molar-refractivity contribution in [2.45, 2.75) is 11.3 Å². The van der Waals surface area contributed by atoms with Crippen LogP contribution in [0.5, 0.6) is 0 Å². The third-order valence-corrected chi connectivity index (χ3v) is 4.49. The first-order valence-corrected chi connectivity index (χ1v) is 7.96. The number of ether oxygens (including phenoxy) is 1. The van der Waals surface area contributed by atoms with Crippen molar-refractivity contribution in [2.75, 3.05) is 26.3 Å². The van der Waals surface area contributed by atoms with Gasteiger partial charge in [0.15, 0.2) is 0 Å². The van der Waals surface area contributed by atoms with Crippen LogP contribution in [0.1, 0.15) is 12.0 Å². The molecule has 1 aromatic rings. The molecule has 1 heterocycles. The molecule has 1 atom stereocenters. The molecule has 2 rings (SSSR count). The van der Waals surface area contributed by atoms with Gasteiger partial charge < -0.3 is 10.5 Å². The highest BCUT2D eigenvalue weighted by Gasteiger charge is 2.20. The Morgan fingerprint density at radius 1 is 1.45 bits per heavy atom. The fraction of sp³-hybridized carbons (Fsp3) is 0.429. The number of hydrogen-bond acceptors (Lipinski definition) is 4. The first kappa shape index (κ1) is 15.0. The Balaban J connectivity index is 2.08. The van der Waals surface area contributed by atoms with Crippen LogP contribution in [-0.2, 0) is 14.8 Å². The highest BCUT2D eigenvalue weighted by molar-refractivity contribution is 7.89. The van der Waals surface area contributed by atoms with Gasteiger partial charge in [-0.25, -0.2) is 13.1 Å². The van der Waals surface area contributed by atoms with Gasteiger partial charge in [-0.2, -0.15) is 0 Å². The van der Waals surface area contributed by atoms with E-state index in [1.807, 2.05) is 0 Å². The second-order valence-corrected chi connectivity index (χ2v) is 6.38. The van der Waals surface area contributed by atoms with Crippen LogP contribution in [0, 0.1) is 17.8 Å². The van der Waals surface area contributed by atoms with Crippen molar-refractivity contribution < 1.29 is 13.2 Å². The Labute approximate surface area is 119 Å². The molecule has 5 nitrogen and oxygen atoms in total. The van der Waals surface area contributed by atoms with E-state index in [-0.39, 0.29) is 17.4 Å². The molecule has 3 N–H and O–H groups in total. The van der Waals surface area contributed by atoms with E-state index in [0.29, 0.717) is 25.3 Å². The molecule has 0 aromatic heterocycles. The summed E-state index contributed by atoms with van der Waals surface area (Å²) in [5.41, 5.74) is 5.94. The zero-order valence-electron chi connectivity index (χ0n) is 11.1. The Kier molecular flexibility index (Phi) is 5.15. The number of rotatable bonds is 4. The minimum Gasteiger partial charge on any atom is -0.381 e. The second-order valence-electron chi connectivity index (χ2n) is 4.62. The van der Waals surface area contributed by atoms with Gasteiger partial charge >= 0.3 is 0 Å². The van der Waals surface area contributed by atoms with Crippen LogP contribution in [0.3, 0.4) is 0 Å². The predicted molar refractivity (Wildman–Crippen MR) is 76.5 cm³/mol. The summed E-state index contributed by atoms with van der Waals surface area (Å²) in [6.45, 7) is 1.97. The van der Waals surface area contributed by atoms with Gasteiger partial charge in [-0.05, 0) is 30.5 Å². The first-order valence-electron chi connectivity index (χ1n) is 6.48. The lowest BCUT2D eigenvalue weighted by molar-refractivity contribution is 0.186. The van der Waals surface area contributed by atoms with Gasteiger partial charge in [0, 0.05) is 18.7 Å². The number of hydrogen-bond donors (Lipinski definition) is 2. The number of nitrogens with one attached hydrogen (secondary N) is 1. The van der Waals surface area contributed by atoms with Crippen LogP contribution in [0.2, 0.25) is 0 Å². The molecule has 0 amide bonds. The maximum Gasteiger partial charge on any atom is 0.240 e. The predicted octanol–water partition coefficient (Wildman–Crippen LogP) is 0.312. The van der Waals surface area contributed by atoms with Crippen LogP contribution in [0.25, 0.3) is 0 Å². The van der Waals surface area contributed by atoms with E-state index in [2.05, 4.69) is 16.6 Å². The summed E-state index contributed by atoms with van der Waals surface area (Å²) in [4.78, 5) is 0.222. The standard InChI is InChI=1S/C14H18N2O3S/c15-7-2-4-12-3-1-5-14(9-12)20(17,18)16-10-13-6-8-19-11-13/h1,3,5,9,13,16H,6-8,10-11,15H2. The first-order chi connectivity index (χ1) is 9.62. The molecule has 0 saturated carbocycles. The van der Waals surface area contributed by atoms with Gasteiger partial charge in [-0.15, -0.1) is 0 Å². The van der Waals surface area contributed by atoms with Crippen LogP contribution in [0.4, 0.5) is 0 Å². The summed E-state index contributed by atoms with van der Waals surface area (Å²) >= 11 is 0. The monoisotopic (exact) mass is 294 g/mol. The van der Waals surface area contributed by atoms with Gasteiger partial charge in [0.1, 0.15) is 0 Å². The van der Waals surface area contributed by atoms with Gasteiger partial charge in [0.2, 0.25) is 10.0 Å². The molecule has 6 heteroatoms. The van der Waals surface area contributed by atoms with E-state index in [0.717, 1.165) is 6.42 Å². The summed E-state index contributed by atoms with van der Waals surface area (Å²) in [7, 11) is -3.50. The number of nitrogens with two attached hydrogens (primary N) is 1. The highest BCUT2D eigenvalue weighted by atomic mass is 32.2. The van der Waals surface area contributed by atoms with Crippen molar-refractivity contribution in [3.8, 4) is 11.8 Å². The maximum absolute atomic E-state index is 12.2. The van der Waals surface area contributed by atoms with Crippen LogP contribution in [0.15, 0.2) is 29.2 Å². The van der Waals surface area contributed by atoms with Crippen molar-refractivity contribution >= 4 is 10.0 Å². The quantitative estimate of drug-likeness (QED) is 0.783. The van der Waals surface area contributed by atoms with Gasteiger partial charge in [-0.3, -0.25) is 0 Å². The second kappa shape index (κ2) is 6.86. The normalized spacial score (nSPS) is 18.6. The summed E-state index contributed by atoms with van der Waals surface area (Å²) in [6.07, 6.45) is 0.893. The van der Waals surface area contributed by atoms with E-state index in [4.69, 9.17) is 10.5 Å². The molecule has 1 aromatic carbocycles. The third kappa shape index (κ3) is 4.05. The van der Waals surface area contributed by atoms with Gasteiger partial charge in [0.05, 0.1) is 18.0 Å². The molecule has 1 aliphatic heterocycles. The summed E-state index contributed by atoms with van der Waals surface area (Å²) < 4.78 is 32.2. The zero-order valence-corrected chi connectivity index (χ0v) is 11.9.